The fraction of sp³-hybridized carbons (Fsp3) is 0. The van der Waals surface area contributed by atoms with Gasteiger partial charge in [-0.15, -0.1) is 0 Å². The summed E-state index contributed by atoms with van der Waals surface area (Å²) in [5, 5.41) is 4.59. The van der Waals surface area contributed by atoms with Crippen LogP contribution in [0.2, 0.25) is 5.02 Å². The largest absolute Gasteiger partial charge is 0.367 e. The van der Waals surface area contributed by atoms with Crippen molar-refractivity contribution in [2.75, 3.05) is 5.73 Å². The maximum absolute atomic E-state index is 6.26. The minimum Gasteiger partial charge on any atom is -0.367 e. The van der Waals surface area contributed by atoms with E-state index in [0.717, 1.165) is 15.6 Å². The molecule has 0 amide bonds. The summed E-state index contributed by atoms with van der Waals surface area (Å²) in [5.41, 5.74) is 8.77. The highest BCUT2D eigenvalue weighted by atomic mass is 79.9. The van der Waals surface area contributed by atoms with Crippen molar-refractivity contribution >= 4 is 33.4 Å². The minimum absolute atomic E-state index is 0.243. The van der Waals surface area contributed by atoms with Crippen molar-refractivity contribution in [2.45, 2.75) is 0 Å². The first-order chi connectivity index (χ1) is 9.66. The van der Waals surface area contributed by atoms with E-state index < -0.39 is 0 Å². The quantitative estimate of drug-likeness (QED) is 0.744. The molecule has 0 fully saturated rings. The van der Waals surface area contributed by atoms with Crippen molar-refractivity contribution in [3.63, 3.8) is 0 Å². The third-order valence-corrected chi connectivity index (χ3v) is 3.66. The summed E-state index contributed by atoms with van der Waals surface area (Å²) >= 11 is 9.64. The Labute approximate surface area is 128 Å². The number of hydrogen-bond donors (Lipinski definition) is 1. The fourth-order valence-corrected chi connectivity index (χ4v) is 2.72. The van der Waals surface area contributed by atoms with Gasteiger partial charge in [-0.2, -0.15) is 0 Å². The second-order valence-corrected chi connectivity index (χ2v) is 5.46. The van der Waals surface area contributed by atoms with Gasteiger partial charge in [-0.3, -0.25) is 4.98 Å². The van der Waals surface area contributed by atoms with Crippen LogP contribution in [0.1, 0.15) is 0 Å². The number of pyridine rings is 1. The average Bonchev–Trinajstić information content (AvgIpc) is 2.81. The molecule has 0 spiro atoms. The second-order valence-electron chi connectivity index (χ2n) is 4.14. The second kappa shape index (κ2) is 5.26. The normalized spacial score (nSPS) is 10.7. The van der Waals surface area contributed by atoms with E-state index in [-0.39, 0.29) is 5.88 Å². The van der Waals surface area contributed by atoms with Gasteiger partial charge in [-0.1, -0.05) is 44.8 Å². The maximum Gasteiger partial charge on any atom is 0.230 e. The SMILES string of the molecule is Nc1onc(-c2ccc(Br)cc2Cl)c1-c1cccnc1. The lowest BCUT2D eigenvalue weighted by Crippen LogP contribution is -1.89. The summed E-state index contributed by atoms with van der Waals surface area (Å²) < 4.78 is 6.01. The predicted octanol–water partition coefficient (Wildman–Crippen LogP) is 4.40. The summed E-state index contributed by atoms with van der Waals surface area (Å²) in [6.45, 7) is 0. The van der Waals surface area contributed by atoms with Crippen molar-refractivity contribution in [1.29, 1.82) is 0 Å². The Hall–Kier alpha value is -1.85. The van der Waals surface area contributed by atoms with E-state index in [9.17, 15) is 0 Å². The van der Waals surface area contributed by atoms with E-state index in [2.05, 4.69) is 26.1 Å². The Morgan fingerprint density at radius 2 is 2.10 bits per heavy atom. The summed E-state index contributed by atoms with van der Waals surface area (Å²) in [7, 11) is 0. The van der Waals surface area contributed by atoms with Gasteiger partial charge in [0.1, 0.15) is 5.69 Å². The van der Waals surface area contributed by atoms with Crippen LogP contribution in [-0.2, 0) is 0 Å². The van der Waals surface area contributed by atoms with Gasteiger partial charge in [0.15, 0.2) is 0 Å². The van der Waals surface area contributed by atoms with E-state index >= 15 is 0 Å². The number of hydrogen-bond acceptors (Lipinski definition) is 4. The number of nitrogens with zero attached hydrogens (tertiary/aromatic N) is 2. The number of anilines is 1. The van der Waals surface area contributed by atoms with Crippen molar-refractivity contribution < 1.29 is 4.52 Å². The van der Waals surface area contributed by atoms with Crippen molar-refractivity contribution in [3.05, 3.63) is 52.2 Å². The zero-order valence-corrected chi connectivity index (χ0v) is 12.5. The summed E-state index contributed by atoms with van der Waals surface area (Å²) in [5.74, 6) is 0.243. The molecule has 1 aromatic carbocycles. The van der Waals surface area contributed by atoms with Crippen LogP contribution in [0.25, 0.3) is 22.4 Å². The lowest BCUT2D eigenvalue weighted by Gasteiger charge is -2.04. The zero-order chi connectivity index (χ0) is 14.1. The first-order valence-corrected chi connectivity index (χ1v) is 6.95. The highest BCUT2D eigenvalue weighted by molar-refractivity contribution is 9.10. The van der Waals surface area contributed by atoms with E-state index in [1.54, 1.807) is 18.5 Å². The standard InChI is InChI=1S/C14H9BrClN3O/c15-9-3-4-10(11(16)6-9)13-12(14(17)20-19-13)8-2-1-5-18-7-8/h1-7H,17H2. The summed E-state index contributed by atoms with van der Waals surface area (Å²) in [4.78, 5) is 4.09. The van der Waals surface area contributed by atoms with E-state index in [1.165, 1.54) is 0 Å². The Kier molecular flexibility index (Phi) is 3.46. The topological polar surface area (TPSA) is 64.9 Å². The molecule has 4 nitrogen and oxygen atoms in total. The summed E-state index contributed by atoms with van der Waals surface area (Å²) in [6.07, 6.45) is 3.40. The molecule has 3 rings (SSSR count). The predicted molar refractivity (Wildman–Crippen MR) is 82.3 cm³/mol. The number of rotatable bonds is 2. The number of halogens is 2. The number of aromatic nitrogens is 2. The molecule has 6 heteroatoms. The van der Waals surface area contributed by atoms with Crippen LogP contribution < -0.4 is 5.73 Å². The maximum atomic E-state index is 6.26. The molecule has 3 aromatic rings. The van der Waals surface area contributed by atoms with Crippen molar-refractivity contribution in [3.8, 4) is 22.4 Å². The Morgan fingerprint density at radius 3 is 2.80 bits per heavy atom. The minimum atomic E-state index is 0.243. The van der Waals surface area contributed by atoms with Crippen LogP contribution in [0.5, 0.6) is 0 Å². The molecule has 2 heterocycles. The molecule has 0 unspecified atom stereocenters. The molecule has 0 saturated carbocycles. The lowest BCUT2D eigenvalue weighted by molar-refractivity contribution is 0.439. The van der Waals surface area contributed by atoms with E-state index in [1.807, 2.05) is 24.3 Å². The Bertz CT molecular complexity index is 758. The first kappa shape index (κ1) is 13.1. The number of benzene rings is 1. The third kappa shape index (κ3) is 2.30. The first-order valence-electron chi connectivity index (χ1n) is 5.78. The molecule has 0 aliphatic carbocycles. The highest BCUT2D eigenvalue weighted by Crippen LogP contribution is 2.39. The average molecular weight is 351 g/mol. The molecule has 100 valence electrons. The van der Waals surface area contributed by atoms with Gasteiger partial charge >= 0.3 is 0 Å². The number of nitrogens with two attached hydrogens (primary N) is 1. The van der Waals surface area contributed by atoms with Crippen LogP contribution >= 0.6 is 27.5 Å². The molecule has 20 heavy (non-hydrogen) atoms. The highest BCUT2D eigenvalue weighted by Gasteiger charge is 2.19. The van der Waals surface area contributed by atoms with Crippen LogP contribution in [0, 0.1) is 0 Å². The van der Waals surface area contributed by atoms with Gasteiger partial charge in [-0.25, -0.2) is 0 Å². The van der Waals surface area contributed by atoms with Crippen LogP contribution in [0.4, 0.5) is 5.88 Å². The van der Waals surface area contributed by atoms with E-state index in [0.29, 0.717) is 16.3 Å². The Morgan fingerprint density at radius 1 is 1.25 bits per heavy atom. The van der Waals surface area contributed by atoms with Crippen molar-refractivity contribution in [2.24, 2.45) is 0 Å². The van der Waals surface area contributed by atoms with Crippen LogP contribution in [0.3, 0.4) is 0 Å². The van der Waals surface area contributed by atoms with Gasteiger partial charge in [0.2, 0.25) is 5.88 Å². The molecule has 0 radical (unpaired) electrons. The molecule has 2 N–H and O–H groups in total. The molecule has 0 aliphatic heterocycles. The molecular weight excluding hydrogens is 342 g/mol. The fourth-order valence-electron chi connectivity index (χ4n) is 1.96. The third-order valence-electron chi connectivity index (χ3n) is 2.85. The van der Waals surface area contributed by atoms with Gasteiger partial charge in [-0.05, 0) is 18.2 Å². The molecule has 0 bridgehead atoms. The smallest absolute Gasteiger partial charge is 0.230 e. The van der Waals surface area contributed by atoms with Gasteiger partial charge in [0, 0.05) is 28.0 Å². The molecule has 0 saturated heterocycles. The van der Waals surface area contributed by atoms with Crippen LogP contribution in [0.15, 0.2) is 51.7 Å². The molecule has 0 atom stereocenters. The van der Waals surface area contributed by atoms with Gasteiger partial charge in [0.05, 0.1) is 10.6 Å². The monoisotopic (exact) mass is 349 g/mol. The number of nitrogen functional groups attached to an aromatic ring is 1. The van der Waals surface area contributed by atoms with Gasteiger partial charge < -0.3 is 10.3 Å². The van der Waals surface area contributed by atoms with Gasteiger partial charge in [0.25, 0.3) is 0 Å². The zero-order valence-electron chi connectivity index (χ0n) is 10.2. The molecule has 2 aromatic heterocycles. The molecule has 0 aliphatic rings. The summed E-state index contributed by atoms with van der Waals surface area (Å²) in [6, 6.07) is 9.28. The van der Waals surface area contributed by atoms with Crippen molar-refractivity contribution in [1.82, 2.24) is 10.1 Å². The Balaban J connectivity index is 2.21. The lowest BCUT2D eigenvalue weighted by atomic mass is 10.0. The van der Waals surface area contributed by atoms with E-state index in [4.69, 9.17) is 21.9 Å². The van der Waals surface area contributed by atoms with Crippen LogP contribution in [-0.4, -0.2) is 10.1 Å². The molecular formula is C14H9BrClN3O.